The van der Waals surface area contributed by atoms with Gasteiger partial charge in [-0.15, -0.1) is 11.3 Å². The van der Waals surface area contributed by atoms with Gasteiger partial charge in [-0.25, -0.2) is 9.78 Å². The SMILES string of the molecule is COc1cc(-c2ncc(C(=O)O)s2)cc(Br)c1O. The lowest BCUT2D eigenvalue weighted by Gasteiger charge is -2.07. The number of aromatic hydroxyl groups is 1. The summed E-state index contributed by atoms with van der Waals surface area (Å²) in [5.74, 6) is -0.716. The number of carboxylic acids is 1. The maximum atomic E-state index is 10.8. The highest BCUT2D eigenvalue weighted by atomic mass is 79.9. The number of rotatable bonds is 3. The van der Waals surface area contributed by atoms with Crippen LogP contribution in [0.15, 0.2) is 22.8 Å². The summed E-state index contributed by atoms with van der Waals surface area (Å²) >= 11 is 4.26. The van der Waals surface area contributed by atoms with E-state index in [0.717, 1.165) is 11.3 Å². The second kappa shape index (κ2) is 4.95. The van der Waals surface area contributed by atoms with E-state index >= 15 is 0 Å². The Labute approximate surface area is 115 Å². The zero-order chi connectivity index (χ0) is 13.3. The standard InChI is InChI=1S/C11H8BrNO4S/c1-17-7-3-5(2-6(12)9(7)14)10-13-4-8(18-10)11(15)16/h2-4,14H,1H3,(H,15,16). The van der Waals surface area contributed by atoms with Gasteiger partial charge in [-0.2, -0.15) is 0 Å². The van der Waals surface area contributed by atoms with E-state index in [9.17, 15) is 9.90 Å². The molecule has 94 valence electrons. The molecule has 0 bridgehead atoms. The van der Waals surface area contributed by atoms with Crippen LogP contribution in [0.5, 0.6) is 11.5 Å². The van der Waals surface area contributed by atoms with Gasteiger partial charge in [-0.3, -0.25) is 0 Å². The van der Waals surface area contributed by atoms with Crippen molar-refractivity contribution in [3.05, 3.63) is 27.7 Å². The van der Waals surface area contributed by atoms with Crippen LogP contribution in [0.3, 0.4) is 0 Å². The minimum atomic E-state index is -1.01. The summed E-state index contributed by atoms with van der Waals surface area (Å²) in [4.78, 5) is 15.0. The van der Waals surface area contributed by atoms with Crippen LogP contribution < -0.4 is 4.74 Å². The molecule has 2 rings (SSSR count). The van der Waals surface area contributed by atoms with Crippen molar-refractivity contribution in [1.82, 2.24) is 4.98 Å². The van der Waals surface area contributed by atoms with Crippen molar-refractivity contribution in [2.45, 2.75) is 0 Å². The van der Waals surface area contributed by atoms with Gasteiger partial charge in [0.25, 0.3) is 0 Å². The first-order valence-corrected chi connectivity index (χ1v) is 6.40. The fourth-order valence-corrected chi connectivity index (χ4v) is 2.54. The third-order valence-electron chi connectivity index (χ3n) is 2.21. The van der Waals surface area contributed by atoms with Gasteiger partial charge >= 0.3 is 5.97 Å². The van der Waals surface area contributed by atoms with E-state index in [1.54, 1.807) is 12.1 Å². The molecule has 0 saturated carbocycles. The number of aromatic carboxylic acids is 1. The minimum absolute atomic E-state index is 0.00346. The first kappa shape index (κ1) is 12.8. The molecule has 0 unspecified atom stereocenters. The normalized spacial score (nSPS) is 10.3. The molecule has 7 heteroatoms. The molecule has 1 heterocycles. The average Bonchev–Trinajstić information content (AvgIpc) is 2.82. The predicted molar refractivity (Wildman–Crippen MR) is 70.4 cm³/mol. The third kappa shape index (κ3) is 2.32. The van der Waals surface area contributed by atoms with E-state index in [2.05, 4.69) is 20.9 Å². The molecule has 1 aromatic heterocycles. The topological polar surface area (TPSA) is 79.7 Å². The maximum absolute atomic E-state index is 10.8. The molecular formula is C11H8BrNO4S. The van der Waals surface area contributed by atoms with Crippen molar-refractivity contribution in [2.75, 3.05) is 7.11 Å². The number of benzene rings is 1. The largest absolute Gasteiger partial charge is 0.503 e. The van der Waals surface area contributed by atoms with E-state index in [1.807, 2.05) is 0 Å². The van der Waals surface area contributed by atoms with E-state index in [1.165, 1.54) is 13.3 Å². The third-order valence-corrected chi connectivity index (χ3v) is 3.85. The van der Waals surface area contributed by atoms with Crippen molar-refractivity contribution >= 4 is 33.2 Å². The van der Waals surface area contributed by atoms with Crippen LogP contribution in [0, 0.1) is 0 Å². The molecule has 18 heavy (non-hydrogen) atoms. The molecule has 0 aliphatic rings. The second-order valence-electron chi connectivity index (χ2n) is 3.34. The number of phenolic OH excluding ortho intramolecular Hbond substituents is 1. The van der Waals surface area contributed by atoms with Gasteiger partial charge < -0.3 is 14.9 Å². The molecule has 2 aromatic rings. The summed E-state index contributed by atoms with van der Waals surface area (Å²) in [5, 5.41) is 19.1. The molecule has 0 amide bonds. The van der Waals surface area contributed by atoms with Crippen LogP contribution in [0.4, 0.5) is 0 Å². The molecule has 5 nitrogen and oxygen atoms in total. The van der Waals surface area contributed by atoms with Crippen LogP contribution in [0.25, 0.3) is 10.6 Å². The summed E-state index contributed by atoms with van der Waals surface area (Å²) in [5.41, 5.74) is 0.675. The highest BCUT2D eigenvalue weighted by Gasteiger charge is 2.14. The lowest BCUT2D eigenvalue weighted by Crippen LogP contribution is -1.89. The number of carboxylic acid groups (broad SMARTS) is 1. The molecule has 0 radical (unpaired) electrons. The van der Waals surface area contributed by atoms with Crippen LogP contribution in [-0.2, 0) is 0 Å². The van der Waals surface area contributed by atoms with Crippen molar-refractivity contribution < 1.29 is 19.7 Å². The summed E-state index contributed by atoms with van der Waals surface area (Å²) in [6.45, 7) is 0. The maximum Gasteiger partial charge on any atom is 0.347 e. The van der Waals surface area contributed by atoms with Gasteiger partial charge in [0.05, 0.1) is 17.8 Å². The first-order chi connectivity index (χ1) is 8.52. The molecule has 0 saturated heterocycles. The van der Waals surface area contributed by atoms with Crippen molar-refractivity contribution in [2.24, 2.45) is 0 Å². The van der Waals surface area contributed by atoms with Crippen molar-refractivity contribution in [3.63, 3.8) is 0 Å². The van der Waals surface area contributed by atoms with E-state index in [4.69, 9.17) is 9.84 Å². The molecule has 2 N–H and O–H groups in total. The average molecular weight is 330 g/mol. The van der Waals surface area contributed by atoms with Crippen molar-refractivity contribution in [3.8, 4) is 22.1 Å². The number of aromatic nitrogens is 1. The number of phenols is 1. The van der Waals surface area contributed by atoms with Gasteiger partial charge in [-0.1, -0.05) is 0 Å². The Morgan fingerprint density at radius 3 is 2.78 bits per heavy atom. The first-order valence-electron chi connectivity index (χ1n) is 4.79. The Bertz CT molecular complexity index is 611. The number of ether oxygens (including phenoxy) is 1. The Morgan fingerprint density at radius 2 is 2.22 bits per heavy atom. The van der Waals surface area contributed by atoms with Crippen LogP contribution in [-0.4, -0.2) is 28.3 Å². The van der Waals surface area contributed by atoms with Gasteiger partial charge in [-0.05, 0) is 28.1 Å². The van der Waals surface area contributed by atoms with E-state index < -0.39 is 5.97 Å². The number of methoxy groups -OCH3 is 1. The summed E-state index contributed by atoms with van der Waals surface area (Å²) < 4.78 is 5.48. The van der Waals surface area contributed by atoms with Crippen molar-refractivity contribution in [1.29, 1.82) is 0 Å². The fraction of sp³-hybridized carbons (Fsp3) is 0.0909. The number of halogens is 1. The van der Waals surface area contributed by atoms with Gasteiger partial charge in [0.1, 0.15) is 9.88 Å². The van der Waals surface area contributed by atoms with E-state index in [0.29, 0.717) is 20.8 Å². The molecule has 0 fully saturated rings. The second-order valence-corrected chi connectivity index (χ2v) is 5.23. The Kier molecular flexibility index (Phi) is 3.53. The molecule has 0 aliphatic carbocycles. The highest BCUT2D eigenvalue weighted by Crippen LogP contribution is 2.39. The number of hydrogen-bond acceptors (Lipinski definition) is 5. The van der Waals surface area contributed by atoms with Gasteiger partial charge in [0.15, 0.2) is 11.5 Å². The van der Waals surface area contributed by atoms with Gasteiger partial charge in [0, 0.05) is 5.56 Å². The van der Waals surface area contributed by atoms with E-state index in [-0.39, 0.29) is 10.6 Å². The molecule has 0 spiro atoms. The molecule has 1 aromatic carbocycles. The molecular weight excluding hydrogens is 322 g/mol. The number of nitrogens with zero attached hydrogens (tertiary/aromatic N) is 1. The Morgan fingerprint density at radius 1 is 1.50 bits per heavy atom. The summed E-state index contributed by atoms with van der Waals surface area (Å²) in [7, 11) is 1.44. The molecule has 0 aliphatic heterocycles. The predicted octanol–water partition coefficient (Wildman–Crippen LogP) is 2.99. The lowest BCUT2D eigenvalue weighted by molar-refractivity contribution is 0.0702. The lowest BCUT2D eigenvalue weighted by atomic mass is 10.2. The van der Waals surface area contributed by atoms with Gasteiger partial charge in [0.2, 0.25) is 0 Å². The Balaban J connectivity index is 2.50. The minimum Gasteiger partial charge on any atom is -0.503 e. The monoisotopic (exact) mass is 329 g/mol. The number of hydrogen-bond donors (Lipinski definition) is 2. The zero-order valence-electron chi connectivity index (χ0n) is 9.18. The highest BCUT2D eigenvalue weighted by molar-refractivity contribution is 9.10. The zero-order valence-corrected chi connectivity index (χ0v) is 11.6. The van der Waals surface area contributed by atoms with Crippen LogP contribution in [0.2, 0.25) is 0 Å². The smallest absolute Gasteiger partial charge is 0.347 e. The number of carbonyl (C=O) groups is 1. The summed E-state index contributed by atoms with van der Waals surface area (Å²) in [6, 6.07) is 3.26. The summed E-state index contributed by atoms with van der Waals surface area (Å²) in [6.07, 6.45) is 1.30. The van der Waals surface area contributed by atoms with Crippen LogP contribution >= 0.6 is 27.3 Å². The Hall–Kier alpha value is -1.60. The number of thiazole rings is 1. The molecule has 0 atom stereocenters. The quantitative estimate of drug-likeness (QED) is 0.904. The fourth-order valence-electron chi connectivity index (χ4n) is 1.36. The van der Waals surface area contributed by atoms with Crippen LogP contribution in [0.1, 0.15) is 9.67 Å².